The number of rotatable bonds is 4. The van der Waals surface area contributed by atoms with Gasteiger partial charge in [-0.1, -0.05) is 12.1 Å². The molecule has 1 fully saturated rings. The molecular formula is C16H19N3O3. The molecule has 0 aromatic heterocycles. The van der Waals surface area contributed by atoms with Crippen molar-refractivity contribution in [2.75, 3.05) is 26.2 Å². The lowest BCUT2D eigenvalue weighted by molar-refractivity contribution is -0.121. The summed E-state index contributed by atoms with van der Waals surface area (Å²) in [6.45, 7) is 2.29. The van der Waals surface area contributed by atoms with Crippen LogP contribution in [0.5, 0.6) is 0 Å². The van der Waals surface area contributed by atoms with Gasteiger partial charge in [0.05, 0.1) is 11.1 Å². The van der Waals surface area contributed by atoms with E-state index in [0.717, 1.165) is 30.8 Å². The smallest absolute Gasteiger partial charge is 0.262 e. The Kier molecular flexibility index (Phi) is 4.20. The third-order valence-corrected chi connectivity index (χ3v) is 4.17. The van der Waals surface area contributed by atoms with E-state index >= 15 is 0 Å². The van der Waals surface area contributed by atoms with Crippen LogP contribution < -0.4 is 10.6 Å². The highest BCUT2D eigenvalue weighted by atomic mass is 16.2. The van der Waals surface area contributed by atoms with Gasteiger partial charge >= 0.3 is 0 Å². The van der Waals surface area contributed by atoms with Crippen LogP contribution in [0.2, 0.25) is 0 Å². The monoisotopic (exact) mass is 301 g/mol. The van der Waals surface area contributed by atoms with Gasteiger partial charge in [0.2, 0.25) is 5.91 Å². The molecule has 1 unspecified atom stereocenters. The molecule has 3 rings (SSSR count). The number of benzene rings is 1. The molecule has 1 atom stereocenters. The number of hydrogen-bond acceptors (Lipinski definition) is 4. The Morgan fingerprint density at radius 3 is 2.50 bits per heavy atom. The van der Waals surface area contributed by atoms with Crippen LogP contribution in [-0.4, -0.2) is 48.8 Å². The number of nitrogens with zero attached hydrogens (tertiary/aromatic N) is 1. The number of fused-ring (bicyclic) bond motifs is 1. The zero-order valence-electron chi connectivity index (χ0n) is 12.3. The zero-order valence-corrected chi connectivity index (χ0v) is 12.3. The lowest BCUT2D eigenvalue weighted by Gasteiger charge is -2.23. The quantitative estimate of drug-likeness (QED) is 0.789. The number of imide groups is 1. The molecule has 0 saturated carbocycles. The first-order valence-corrected chi connectivity index (χ1v) is 7.59. The van der Waals surface area contributed by atoms with Crippen molar-refractivity contribution in [3.63, 3.8) is 0 Å². The molecule has 2 N–H and O–H groups in total. The Balaban J connectivity index is 1.56. The Morgan fingerprint density at radius 1 is 1.23 bits per heavy atom. The summed E-state index contributed by atoms with van der Waals surface area (Å²) in [6.07, 6.45) is 2.19. The van der Waals surface area contributed by atoms with Crippen molar-refractivity contribution in [3.05, 3.63) is 35.4 Å². The molecule has 116 valence electrons. The standard InChI is InChI=1S/C16H19N3O3/c20-14(18-9-11-4-3-7-17-8-11)10-19-15(21)12-5-1-2-6-13(12)16(19)22/h1-2,5-6,11,17H,3-4,7-10H2,(H,18,20). The highest BCUT2D eigenvalue weighted by Crippen LogP contribution is 2.21. The maximum Gasteiger partial charge on any atom is 0.262 e. The molecule has 3 amide bonds. The fourth-order valence-electron chi connectivity index (χ4n) is 2.94. The fourth-order valence-corrected chi connectivity index (χ4v) is 2.94. The van der Waals surface area contributed by atoms with Crippen LogP contribution in [0, 0.1) is 5.92 Å². The number of carbonyl (C=O) groups is 3. The minimum absolute atomic E-state index is 0.216. The summed E-state index contributed by atoms with van der Waals surface area (Å²) in [4.78, 5) is 37.3. The van der Waals surface area contributed by atoms with E-state index in [0.29, 0.717) is 23.6 Å². The van der Waals surface area contributed by atoms with E-state index in [-0.39, 0.29) is 12.5 Å². The van der Waals surface area contributed by atoms with Crippen molar-refractivity contribution < 1.29 is 14.4 Å². The van der Waals surface area contributed by atoms with E-state index in [1.807, 2.05) is 0 Å². The van der Waals surface area contributed by atoms with Crippen molar-refractivity contribution in [2.45, 2.75) is 12.8 Å². The zero-order chi connectivity index (χ0) is 15.5. The van der Waals surface area contributed by atoms with E-state index in [1.165, 1.54) is 0 Å². The lowest BCUT2D eigenvalue weighted by Crippen LogP contribution is -2.43. The molecule has 2 aliphatic heterocycles. The normalized spacial score (nSPS) is 20.9. The molecule has 0 radical (unpaired) electrons. The van der Waals surface area contributed by atoms with E-state index in [2.05, 4.69) is 10.6 Å². The van der Waals surface area contributed by atoms with Crippen LogP contribution in [0.1, 0.15) is 33.6 Å². The SMILES string of the molecule is O=C(CN1C(=O)c2ccccc2C1=O)NCC1CCCNC1. The van der Waals surface area contributed by atoms with Crippen LogP contribution in [-0.2, 0) is 4.79 Å². The van der Waals surface area contributed by atoms with Gasteiger partial charge in [-0.2, -0.15) is 0 Å². The van der Waals surface area contributed by atoms with Gasteiger partial charge in [-0.3, -0.25) is 19.3 Å². The Labute approximate surface area is 128 Å². The van der Waals surface area contributed by atoms with Gasteiger partial charge in [-0.05, 0) is 44.0 Å². The topological polar surface area (TPSA) is 78.5 Å². The maximum atomic E-state index is 12.2. The second-order valence-corrected chi connectivity index (χ2v) is 5.76. The molecule has 22 heavy (non-hydrogen) atoms. The van der Waals surface area contributed by atoms with Crippen molar-refractivity contribution >= 4 is 17.7 Å². The first kappa shape index (κ1) is 14.7. The Hall–Kier alpha value is -2.21. The van der Waals surface area contributed by atoms with Crippen molar-refractivity contribution in [1.29, 1.82) is 0 Å². The number of carbonyl (C=O) groups excluding carboxylic acids is 3. The van der Waals surface area contributed by atoms with E-state index in [4.69, 9.17) is 0 Å². The van der Waals surface area contributed by atoms with Gasteiger partial charge in [0.1, 0.15) is 6.54 Å². The molecule has 1 saturated heterocycles. The van der Waals surface area contributed by atoms with Crippen LogP contribution in [0.4, 0.5) is 0 Å². The molecular weight excluding hydrogens is 282 g/mol. The highest BCUT2D eigenvalue weighted by Gasteiger charge is 2.36. The van der Waals surface area contributed by atoms with Crippen LogP contribution in [0.25, 0.3) is 0 Å². The summed E-state index contributed by atoms with van der Waals surface area (Å²) < 4.78 is 0. The van der Waals surface area contributed by atoms with Gasteiger partial charge in [-0.15, -0.1) is 0 Å². The Bertz CT molecular complexity index is 573. The van der Waals surface area contributed by atoms with Gasteiger partial charge in [0.15, 0.2) is 0 Å². The number of hydrogen-bond donors (Lipinski definition) is 2. The Morgan fingerprint density at radius 2 is 1.91 bits per heavy atom. The van der Waals surface area contributed by atoms with Crippen molar-refractivity contribution in [1.82, 2.24) is 15.5 Å². The molecule has 1 aromatic carbocycles. The maximum absolute atomic E-state index is 12.2. The summed E-state index contributed by atoms with van der Waals surface area (Å²) in [6, 6.07) is 6.65. The summed E-state index contributed by atoms with van der Waals surface area (Å²) in [5.41, 5.74) is 0.744. The minimum atomic E-state index is -0.393. The van der Waals surface area contributed by atoms with Crippen LogP contribution in [0.15, 0.2) is 24.3 Å². The van der Waals surface area contributed by atoms with E-state index < -0.39 is 11.8 Å². The number of piperidine rings is 1. The number of nitrogens with one attached hydrogen (secondary N) is 2. The summed E-state index contributed by atoms with van der Waals surface area (Å²) in [5.74, 6) is -0.662. The van der Waals surface area contributed by atoms with Gasteiger partial charge in [0.25, 0.3) is 11.8 Å². The molecule has 2 heterocycles. The molecule has 0 spiro atoms. The summed E-state index contributed by atoms with van der Waals surface area (Å²) in [7, 11) is 0. The van der Waals surface area contributed by atoms with Crippen molar-refractivity contribution in [3.8, 4) is 0 Å². The van der Waals surface area contributed by atoms with E-state index in [1.54, 1.807) is 24.3 Å². The first-order chi connectivity index (χ1) is 10.7. The molecule has 0 bridgehead atoms. The van der Waals surface area contributed by atoms with Crippen molar-refractivity contribution in [2.24, 2.45) is 5.92 Å². The average Bonchev–Trinajstić information content (AvgIpc) is 2.79. The molecule has 2 aliphatic rings. The minimum Gasteiger partial charge on any atom is -0.354 e. The first-order valence-electron chi connectivity index (χ1n) is 7.59. The predicted octanol–water partition coefficient (Wildman–Crippen LogP) is 0.398. The fraction of sp³-hybridized carbons (Fsp3) is 0.438. The largest absolute Gasteiger partial charge is 0.354 e. The predicted molar refractivity (Wildman–Crippen MR) is 80.4 cm³/mol. The lowest BCUT2D eigenvalue weighted by atomic mass is 10.00. The van der Waals surface area contributed by atoms with Crippen LogP contribution >= 0.6 is 0 Å². The summed E-state index contributed by atoms with van der Waals surface area (Å²) in [5, 5.41) is 6.11. The summed E-state index contributed by atoms with van der Waals surface area (Å²) >= 11 is 0. The second-order valence-electron chi connectivity index (χ2n) is 5.76. The van der Waals surface area contributed by atoms with Gasteiger partial charge in [0, 0.05) is 6.54 Å². The van der Waals surface area contributed by atoms with Gasteiger partial charge in [-0.25, -0.2) is 0 Å². The number of amides is 3. The molecule has 1 aromatic rings. The van der Waals surface area contributed by atoms with Crippen LogP contribution in [0.3, 0.4) is 0 Å². The molecule has 6 heteroatoms. The second kappa shape index (κ2) is 6.27. The molecule has 6 nitrogen and oxygen atoms in total. The third kappa shape index (κ3) is 2.87. The molecule has 0 aliphatic carbocycles. The highest BCUT2D eigenvalue weighted by molar-refractivity contribution is 6.22. The van der Waals surface area contributed by atoms with E-state index in [9.17, 15) is 14.4 Å². The average molecular weight is 301 g/mol. The van der Waals surface area contributed by atoms with Gasteiger partial charge < -0.3 is 10.6 Å². The third-order valence-electron chi connectivity index (χ3n) is 4.17.